The average molecular weight is 224 g/mol. The lowest BCUT2D eigenvalue weighted by atomic mass is 10.3. The van der Waals surface area contributed by atoms with E-state index in [9.17, 15) is 4.79 Å². The van der Waals surface area contributed by atoms with Crippen LogP contribution in [0.25, 0.3) is 0 Å². The fraction of sp³-hybridized carbons (Fsp3) is 0.200. The van der Waals surface area contributed by atoms with Gasteiger partial charge in [0.25, 0.3) is 0 Å². The van der Waals surface area contributed by atoms with Crippen molar-refractivity contribution in [1.82, 2.24) is 10.3 Å². The van der Waals surface area contributed by atoms with Crippen LogP contribution < -0.4 is 11.1 Å². The van der Waals surface area contributed by atoms with Crippen LogP contribution in [0.15, 0.2) is 12.3 Å². The minimum absolute atomic E-state index is 0.120. The quantitative estimate of drug-likeness (QED) is 0.693. The molecule has 3 N–H and O–H groups in total. The third-order valence-electron chi connectivity index (χ3n) is 1.52. The molecule has 0 aliphatic rings. The van der Waals surface area contributed by atoms with E-state index in [1.165, 1.54) is 19.2 Å². The van der Waals surface area contributed by atoms with E-state index in [1.807, 2.05) is 0 Å². The molecule has 1 aromatic rings. The number of hydrogen-bond acceptors (Lipinski definition) is 3. The first-order valence-electron chi connectivity index (χ1n) is 4.24. The summed E-state index contributed by atoms with van der Waals surface area (Å²) in [6.07, 6.45) is 1.50. The second-order valence-electron chi connectivity index (χ2n) is 2.80. The van der Waals surface area contributed by atoms with Crippen molar-refractivity contribution in [2.45, 2.75) is 6.92 Å². The summed E-state index contributed by atoms with van der Waals surface area (Å²) in [7, 11) is 0. The van der Waals surface area contributed by atoms with Gasteiger partial charge in [-0.2, -0.15) is 0 Å². The van der Waals surface area contributed by atoms with E-state index in [0.717, 1.165) is 0 Å². The van der Waals surface area contributed by atoms with Crippen molar-refractivity contribution in [2.24, 2.45) is 0 Å². The molecule has 0 aliphatic carbocycles. The zero-order valence-corrected chi connectivity index (χ0v) is 8.93. The highest BCUT2D eigenvalue weighted by Gasteiger charge is 1.97. The third kappa shape index (κ3) is 3.88. The second-order valence-corrected chi connectivity index (χ2v) is 3.21. The van der Waals surface area contributed by atoms with Crippen LogP contribution in [0, 0.1) is 11.8 Å². The molecule has 0 spiro atoms. The summed E-state index contributed by atoms with van der Waals surface area (Å²) < 4.78 is 0. The summed E-state index contributed by atoms with van der Waals surface area (Å²) in [5.41, 5.74) is 6.02. The topological polar surface area (TPSA) is 68.0 Å². The zero-order chi connectivity index (χ0) is 11.3. The van der Waals surface area contributed by atoms with E-state index in [-0.39, 0.29) is 12.5 Å². The molecule has 5 heteroatoms. The van der Waals surface area contributed by atoms with Gasteiger partial charge in [0.15, 0.2) is 0 Å². The predicted molar refractivity (Wildman–Crippen MR) is 59.2 cm³/mol. The van der Waals surface area contributed by atoms with E-state index in [2.05, 4.69) is 22.1 Å². The predicted octanol–water partition coefficient (Wildman–Crippen LogP) is 0.805. The lowest BCUT2D eigenvalue weighted by Gasteiger charge is -1.96. The molecule has 0 atom stereocenters. The van der Waals surface area contributed by atoms with Crippen molar-refractivity contribution >= 4 is 23.3 Å². The van der Waals surface area contributed by atoms with Crippen molar-refractivity contribution in [3.63, 3.8) is 0 Å². The van der Waals surface area contributed by atoms with Gasteiger partial charge in [-0.25, -0.2) is 4.98 Å². The highest BCUT2D eigenvalue weighted by atomic mass is 35.5. The molecular weight excluding hydrogens is 214 g/mol. The summed E-state index contributed by atoms with van der Waals surface area (Å²) in [6.45, 7) is 1.72. The van der Waals surface area contributed by atoms with Gasteiger partial charge in [-0.3, -0.25) is 4.79 Å². The van der Waals surface area contributed by atoms with E-state index < -0.39 is 0 Å². The summed E-state index contributed by atoms with van der Waals surface area (Å²) in [6, 6.07) is 1.53. The molecule has 1 amide bonds. The van der Waals surface area contributed by atoms with E-state index >= 15 is 0 Å². The van der Waals surface area contributed by atoms with E-state index in [4.69, 9.17) is 17.3 Å². The highest BCUT2D eigenvalue weighted by molar-refractivity contribution is 6.31. The van der Waals surface area contributed by atoms with Gasteiger partial charge in [0.05, 0.1) is 17.1 Å². The fourth-order valence-electron chi connectivity index (χ4n) is 0.846. The number of carbonyl (C=O) groups is 1. The number of amides is 1. The van der Waals surface area contributed by atoms with Gasteiger partial charge in [0.1, 0.15) is 5.82 Å². The smallest absolute Gasteiger partial charge is 0.217 e. The van der Waals surface area contributed by atoms with Crippen LogP contribution in [0.1, 0.15) is 12.5 Å². The highest BCUT2D eigenvalue weighted by Crippen LogP contribution is 2.15. The normalized spacial score (nSPS) is 8.93. The Morgan fingerprint density at radius 3 is 3.07 bits per heavy atom. The molecule has 0 saturated carbocycles. The van der Waals surface area contributed by atoms with Crippen molar-refractivity contribution < 1.29 is 4.79 Å². The summed E-state index contributed by atoms with van der Waals surface area (Å²) in [5.74, 6) is 5.76. The summed E-state index contributed by atoms with van der Waals surface area (Å²) >= 11 is 5.86. The Bertz CT molecular complexity index is 434. The van der Waals surface area contributed by atoms with Crippen LogP contribution in [0.5, 0.6) is 0 Å². The molecule has 0 bridgehead atoms. The number of nitrogens with zero attached hydrogens (tertiary/aromatic N) is 1. The Morgan fingerprint density at radius 2 is 2.47 bits per heavy atom. The summed E-state index contributed by atoms with van der Waals surface area (Å²) in [4.78, 5) is 14.4. The van der Waals surface area contributed by atoms with Crippen LogP contribution in [0.2, 0.25) is 5.02 Å². The lowest BCUT2D eigenvalue weighted by molar-refractivity contribution is -0.118. The number of nitrogens with one attached hydrogen (secondary N) is 1. The second kappa shape index (κ2) is 5.23. The van der Waals surface area contributed by atoms with Gasteiger partial charge in [0.2, 0.25) is 5.91 Å². The number of anilines is 1. The Labute approximate surface area is 92.8 Å². The molecule has 0 saturated heterocycles. The largest absolute Gasteiger partial charge is 0.384 e. The molecule has 0 radical (unpaired) electrons. The van der Waals surface area contributed by atoms with Gasteiger partial charge in [0, 0.05) is 19.2 Å². The van der Waals surface area contributed by atoms with Gasteiger partial charge >= 0.3 is 0 Å². The van der Waals surface area contributed by atoms with Crippen LogP contribution in [0.4, 0.5) is 5.82 Å². The minimum atomic E-state index is -0.120. The van der Waals surface area contributed by atoms with E-state index in [1.54, 1.807) is 0 Å². The number of rotatable bonds is 1. The number of halogens is 1. The maximum absolute atomic E-state index is 10.5. The molecule has 1 heterocycles. The number of nitrogen functional groups attached to an aromatic ring is 1. The fourth-order valence-corrected chi connectivity index (χ4v) is 1.05. The Balaban J connectivity index is 2.67. The first-order valence-corrected chi connectivity index (χ1v) is 4.61. The Kier molecular flexibility index (Phi) is 3.95. The molecule has 0 fully saturated rings. The van der Waals surface area contributed by atoms with Crippen molar-refractivity contribution in [2.75, 3.05) is 12.3 Å². The zero-order valence-electron chi connectivity index (χ0n) is 8.17. The number of carbonyl (C=O) groups excluding carboxylic acids is 1. The molecule has 4 nitrogen and oxygen atoms in total. The third-order valence-corrected chi connectivity index (χ3v) is 1.84. The van der Waals surface area contributed by atoms with Crippen molar-refractivity contribution in [3.8, 4) is 11.8 Å². The monoisotopic (exact) mass is 223 g/mol. The van der Waals surface area contributed by atoms with Crippen molar-refractivity contribution in [3.05, 3.63) is 22.8 Å². The first kappa shape index (κ1) is 11.3. The van der Waals surface area contributed by atoms with Gasteiger partial charge < -0.3 is 11.1 Å². The standard InChI is InChI=1S/C10H10ClN3O/c1-7(15)13-4-2-3-8-6-14-10(12)5-9(8)11/h5-6H,4H2,1H3,(H2,12,14)(H,13,15). The lowest BCUT2D eigenvalue weighted by Crippen LogP contribution is -2.19. The first-order chi connectivity index (χ1) is 7.09. The molecule has 1 rings (SSSR count). The minimum Gasteiger partial charge on any atom is -0.384 e. The Hall–Kier alpha value is -1.73. The molecular formula is C10H10ClN3O. The number of hydrogen-bond donors (Lipinski definition) is 2. The molecule has 78 valence electrons. The molecule has 1 aromatic heterocycles. The van der Waals surface area contributed by atoms with Crippen LogP contribution >= 0.6 is 11.6 Å². The Morgan fingerprint density at radius 1 is 1.73 bits per heavy atom. The van der Waals surface area contributed by atoms with Gasteiger partial charge in [-0.1, -0.05) is 23.4 Å². The van der Waals surface area contributed by atoms with Crippen LogP contribution in [-0.4, -0.2) is 17.4 Å². The maximum Gasteiger partial charge on any atom is 0.217 e. The van der Waals surface area contributed by atoms with Gasteiger partial charge in [-0.15, -0.1) is 0 Å². The number of nitrogens with two attached hydrogens (primary N) is 1. The summed E-state index contributed by atoms with van der Waals surface area (Å²) in [5, 5.41) is 3.00. The number of aromatic nitrogens is 1. The molecule has 0 unspecified atom stereocenters. The average Bonchev–Trinajstić information content (AvgIpc) is 2.14. The van der Waals surface area contributed by atoms with Crippen molar-refractivity contribution in [1.29, 1.82) is 0 Å². The SMILES string of the molecule is CC(=O)NCC#Cc1cnc(N)cc1Cl. The molecule has 0 aromatic carbocycles. The maximum atomic E-state index is 10.5. The molecule has 0 aliphatic heterocycles. The molecule has 15 heavy (non-hydrogen) atoms. The van der Waals surface area contributed by atoms with Gasteiger partial charge in [-0.05, 0) is 0 Å². The van der Waals surface area contributed by atoms with Crippen LogP contribution in [0.3, 0.4) is 0 Å². The van der Waals surface area contributed by atoms with Crippen LogP contribution in [-0.2, 0) is 4.79 Å². The van der Waals surface area contributed by atoms with E-state index in [0.29, 0.717) is 16.4 Å². The number of pyridine rings is 1.